The van der Waals surface area contributed by atoms with Gasteiger partial charge in [0, 0.05) is 13.1 Å². The number of carboxylic acids is 1. The highest BCUT2D eigenvalue weighted by Crippen LogP contribution is 2.35. The summed E-state index contributed by atoms with van der Waals surface area (Å²) < 4.78 is 10.6. The van der Waals surface area contributed by atoms with Crippen LogP contribution in [0.25, 0.3) is 0 Å². The predicted molar refractivity (Wildman–Crippen MR) is 89.5 cm³/mol. The van der Waals surface area contributed by atoms with Crippen LogP contribution in [0.2, 0.25) is 0 Å². The fourth-order valence-electron chi connectivity index (χ4n) is 3.11. The number of benzene rings is 1. The van der Waals surface area contributed by atoms with Gasteiger partial charge < -0.3 is 19.5 Å². The van der Waals surface area contributed by atoms with E-state index in [-0.39, 0.29) is 12.5 Å². The van der Waals surface area contributed by atoms with Crippen molar-refractivity contribution in [3.05, 3.63) is 23.8 Å². The van der Waals surface area contributed by atoms with Gasteiger partial charge in [0.2, 0.25) is 5.91 Å². The summed E-state index contributed by atoms with van der Waals surface area (Å²) in [6.45, 7) is 4.56. The average molecular weight is 335 g/mol. The molecule has 0 aliphatic carbocycles. The molecule has 1 N–H and O–H groups in total. The Morgan fingerprint density at radius 2 is 1.88 bits per heavy atom. The van der Waals surface area contributed by atoms with Gasteiger partial charge in [0.15, 0.2) is 11.5 Å². The number of hydrogen-bond acceptors (Lipinski definition) is 4. The lowest BCUT2D eigenvalue weighted by atomic mass is 9.82. The van der Waals surface area contributed by atoms with Crippen molar-refractivity contribution in [1.29, 1.82) is 0 Å². The van der Waals surface area contributed by atoms with Gasteiger partial charge in [0.05, 0.1) is 25.6 Å². The molecular weight excluding hydrogens is 310 g/mol. The average Bonchev–Trinajstić information content (AvgIpc) is 2.60. The van der Waals surface area contributed by atoms with E-state index in [1.165, 1.54) is 0 Å². The molecule has 0 radical (unpaired) electrons. The molecule has 1 heterocycles. The molecule has 24 heavy (non-hydrogen) atoms. The van der Waals surface area contributed by atoms with Gasteiger partial charge in [-0.05, 0) is 44.4 Å². The molecule has 1 atom stereocenters. The van der Waals surface area contributed by atoms with Gasteiger partial charge in [-0.2, -0.15) is 0 Å². The predicted octanol–water partition coefficient (Wildman–Crippen LogP) is 2.30. The minimum Gasteiger partial charge on any atom is -0.493 e. The molecule has 1 fully saturated rings. The molecule has 2 rings (SSSR count). The van der Waals surface area contributed by atoms with E-state index in [9.17, 15) is 14.7 Å². The van der Waals surface area contributed by atoms with Crippen LogP contribution in [0.3, 0.4) is 0 Å². The molecule has 1 unspecified atom stereocenters. The van der Waals surface area contributed by atoms with Crippen LogP contribution in [0, 0.1) is 5.92 Å². The summed E-state index contributed by atoms with van der Waals surface area (Å²) in [6, 6.07) is 5.42. The zero-order chi connectivity index (χ0) is 17.9. The third kappa shape index (κ3) is 3.47. The Balaban J connectivity index is 2.25. The van der Waals surface area contributed by atoms with Crippen molar-refractivity contribution < 1.29 is 24.2 Å². The number of likely N-dealkylation sites (tertiary alicyclic amines) is 1. The maximum Gasteiger partial charge on any atom is 0.308 e. The van der Waals surface area contributed by atoms with Crippen molar-refractivity contribution in [1.82, 2.24) is 4.90 Å². The van der Waals surface area contributed by atoms with Crippen LogP contribution in [0.15, 0.2) is 18.2 Å². The van der Waals surface area contributed by atoms with Crippen molar-refractivity contribution in [2.45, 2.75) is 32.1 Å². The van der Waals surface area contributed by atoms with E-state index in [0.717, 1.165) is 5.56 Å². The molecule has 6 heteroatoms. The number of aliphatic carboxylic acids is 1. The summed E-state index contributed by atoms with van der Waals surface area (Å²) in [5, 5.41) is 9.22. The second-order valence-electron chi connectivity index (χ2n) is 6.62. The van der Waals surface area contributed by atoms with E-state index in [0.29, 0.717) is 30.9 Å². The Morgan fingerprint density at radius 3 is 2.46 bits per heavy atom. The number of amides is 1. The number of carboxylic acid groups (broad SMARTS) is 1. The molecule has 1 aliphatic heterocycles. The van der Waals surface area contributed by atoms with Crippen LogP contribution in [0.5, 0.6) is 11.5 Å². The molecule has 1 aromatic carbocycles. The third-order valence-corrected chi connectivity index (χ3v) is 4.70. The molecule has 0 aromatic heterocycles. The highest BCUT2D eigenvalue weighted by atomic mass is 16.5. The summed E-state index contributed by atoms with van der Waals surface area (Å²) in [5.41, 5.74) is 0.0301. The smallest absolute Gasteiger partial charge is 0.308 e. The molecule has 0 spiro atoms. The fraction of sp³-hybridized carbons (Fsp3) is 0.556. The number of nitrogens with zero attached hydrogens (tertiary/aromatic N) is 1. The largest absolute Gasteiger partial charge is 0.493 e. The zero-order valence-electron chi connectivity index (χ0n) is 14.7. The molecule has 6 nitrogen and oxygen atoms in total. The highest BCUT2D eigenvalue weighted by molar-refractivity contribution is 5.88. The molecule has 0 saturated carbocycles. The number of piperidine rings is 1. The van der Waals surface area contributed by atoms with E-state index in [4.69, 9.17) is 9.47 Å². The van der Waals surface area contributed by atoms with E-state index in [1.807, 2.05) is 19.9 Å². The van der Waals surface area contributed by atoms with Gasteiger partial charge in [0.25, 0.3) is 0 Å². The minimum absolute atomic E-state index is 0.0688. The van der Waals surface area contributed by atoms with Gasteiger partial charge in [-0.15, -0.1) is 0 Å². The summed E-state index contributed by atoms with van der Waals surface area (Å²) >= 11 is 0. The first kappa shape index (κ1) is 18.1. The fourth-order valence-corrected chi connectivity index (χ4v) is 3.11. The molecule has 1 amide bonds. The Hall–Kier alpha value is -2.24. The quantitative estimate of drug-likeness (QED) is 0.893. The minimum atomic E-state index is -0.837. The monoisotopic (exact) mass is 335 g/mol. The van der Waals surface area contributed by atoms with Crippen molar-refractivity contribution in [3.8, 4) is 11.5 Å². The number of rotatable bonds is 5. The van der Waals surface area contributed by atoms with Crippen LogP contribution >= 0.6 is 0 Å². The maximum atomic E-state index is 13.0. The lowest BCUT2D eigenvalue weighted by Gasteiger charge is -2.36. The van der Waals surface area contributed by atoms with Gasteiger partial charge in [0.1, 0.15) is 0 Å². The molecule has 0 bridgehead atoms. The van der Waals surface area contributed by atoms with Crippen molar-refractivity contribution in [2.75, 3.05) is 27.3 Å². The van der Waals surface area contributed by atoms with Gasteiger partial charge in [-0.25, -0.2) is 0 Å². The van der Waals surface area contributed by atoms with Crippen LogP contribution in [0.1, 0.15) is 32.3 Å². The highest BCUT2D eigenvalue weighted by Gasteiger charge is 2.37. The second-order valence-corrected chi connectivity index (χ2v) is 6.62. The SMILES string of the molecule is COc1ccc(C(C)(C)C(=O)N2CCCC(C(=O)O)C2)cc1OC. The van der Waals surface area contributed by atoms with Gasteiger partial charge >= 0.3 is 5.97 Å². The standard InChI is InChI=1S/C18H25NO5/c1-18(2,13-7-8-14(23-3)15(10-13)24-4)17(22)19-9-5-6-12(11-19)16(20)21/h7-8,10,12H,5-6,9,11H2,1-4H3,(H,20,21). The second kappa shape index (κ2) is 7.11. The zero-order valence-corrected chi connectivity index (χ0v) is 14.7. The molecular formula is C18H25NO5. The molecule has 1 aliphatic rings. The van der Waals surface area contributed by atoms with E-state index in [2.05, 4.69) is 0 Å². The van der Waals surface area contributed by atoms with Crippen LogP contribution < -0.4 is 9.47 Å². The summed E-state index contributed by atoms with van der Waals surface area (Å²) in [5.74, 6) is -0.215. The molecule has 132 valence electrons. The molecule has 1 saturated heterocycles. The van der Waals surface area contributed by atoms with Crippen molar-refractivity contribution in [2.24, 2.45) is 5.92 Å². The lowest BCUT2D eigenvalue weighted by Crippen LogP contribution is -2.49. The maximum absolute atomic E-state index is 13.0. The van der Waals surface area contributed by atoms with E-state index in [1.54, 1.807) is 31.3 Å². The van der Waals surface area contributed by atoms with E-state index < -0.39 is 17.3 Å². The van der Waals surface area contributed by atoms with Crippen molar-refractivity contribution >= 4 is 11.9 Å². The first-order valence-electron chi connectivity index (χ1n) is 8.06. The lowest BCUT2D eigenvalue weighted by molar-refractivity contribution is -0.147. The van der Waals surface area contributed by atoms with Gasteiger partial charge in [-0.3, -0.25) is 9.59 Å². The van der Waals surface area contributed by atoms with Crippen LogP contribution in [-0.2, 0) is 15.0 Å². The number of hydrogen-bond donors (Lipinski definition) is 1. The van der Waals surface area contributed by atoms with Crippen molar-refractivity contribution in [3.63, 3.8) is 0 Å². The Morgan fingerprint density at radius 1 is 1.21 bits per heavy atom. The summed E-state index contributed by atoms with van der Waals surface area (Å²) in [6.07, 6.45) is 1.33. The van der Waals surface area contributed by atoms with Crippen LogP contribution in [-0.4, -0.2) is 49.2 Å². The number of methoxy groups -OCH3 is 2. The third-order valence-electron chi connectivity index (χ3n) is 4.70. The number of carbonyl (C=O) groups excluding carboxylic acids is 1. The van der Waals surface area contributed by atoms with Crippen LogP contribution in [0.4, 0.5) is 0 Å². The summed E-state index contributed by atoms with van der Waals surface area (Å²) in [4.78, 5) is 25.9. The Bertz CT molecular complexity index is 626. The number of carbonyl (C=O) groups is 2. The Kier molecular flexibility index (Phi) is 5.36. The topological polar surface area (TPSA) is 76.1 Å². The first-order valence-corrected chi connectivity index (χ1v) is 8.06. The first-order chi connectivity index (χ1) is 11.3. The van der Waals surface area contributed by atoms with Gasteiger partial charge in [-0.1, -0.05) is 6.07 Å². The normalized spacial score (nSPS) is 18.2. The summed E-state index contributed by atoms with van der Waals surface area (Å²) in [7, 11) is 3.12. The van der Waals surface area contributed by atoms with E-state index >= 15 is 0 Å². The molecule has 1 aromatic rings. The Labute approximate surface area is 142 Å². The number of ether oxygens (including phenoxy) is 2.